The third-order valence-corrected chi connectivity index (χ3v) is 3.18. The van der Waals surface area contributed by atoms with E-state index >= 15 is 0 Å². The van der Waals surface area contributed by atoms with Crippen LogP contribution in [-0.4, -0.2) is 34.7 Å². The first-order valence-electron chi connectivity index (χ1n) is 6.27. The van der Waals surface area contributed by atoms with Crippen molar-refractivity contribution in [2.75, 3.05) is 18.4 Å². The van der Waals surface area contributed by atoms with E-state index in [0.29, 0.717) is 13.1 Å². The highest BCUT2D eigenvalue weighted by Gasteiger charge is 2.21. The van der Waals surface area contributed by atoms with Gasteiger partial charge in [-0.2, -0.15) is 0 Å². The van der Waals surface area contributed by atoms with Crippen molar-refractivity contribution >= 4 is 27.6 Å². The largest absolute Gasteiger partial charge is 0.389 e. The van der Waals surface area contributed by atoms with Crippen molar-refractivity contribution in [3.8, 4) is 0 Å². The summed E-state index contributed by atoms with van der Waals surface area (Å²) in [6.07, 6.45) is 0. The number of benzene rings is 1. The van der Waals surface area contributed by atoms with Gasteiger partial charge in [-0.15, -0.1) is 0 Å². The van der Waals surface area contributed by atoms with Crippen molar-refractivity contribution in [1.29, 1.82) is 0 Å². The summed E-state index contributed by atoms with van der Waals surface area (Å²) in [7, 11) is 0. The van der Waals surface area contributed by atoms with Crippen LogP contribution in [0.1, 0.15) is 26.3 Å². The molecule has 0 aliphatic heterocycles. The maximum Gasteiger partial charge on any atom is 0.321 e. The van der Waals surface area contributed by atoms with Crippen LogP contribution < -0.4 is 5.32 Å². The fourth-order valence-electron chi connectivity index (χ4n) is 1.72. The van der Waals surface area contributed by atoms with Gasteiger partial charge < -0.3 is 15.3 Å². The number of aliphatic hydroxyl groups is 1. The molecule has 4 nitrogen and oxygen atoms in total. The van der Waals surface area contributed by atoms with E-state index in [1.54, 1.807) is 18.7 Å². The molecule has 0 radical (unpaired) electrons. The normalized spacial score (nSPS) is 11.3. The van der Waals surface area contributed by atoms with Crippen LogP contribution in [-0.2, 0) is 0 Å². The Balaban J connectivity index is 2.80. The highest BCUT2D eigenvalue weighted by atomic mass is 79.9. The molecule has 1 aromatic carbocycles. The van der Waals surface area contributed by atoms with Gasteiger partial charge in [-0.25, -0.2) is 4.79 Å². The molecule has 0 saturated carbocycles. The SMILES string of the molecule is CCN(CC(C)(C)O)C(=O)Nc1cc(Br)ccc1C. The van der Waals surface area contributed by atoms with Crippen LogP contribution in [0.5, 0.6) is 0 Å². The summed E-state index contributed by atoms with van der Waals surface area (Å²) in [5, 5.41) is 12.7. The van der Waals surface area contributed by atoms with Crippen LogP contribution in [0.3, 0.4) is 0 Å². The molecule has 0 aliphatic carbocycles. The van der Waals surface area contributed by atoms with Crippen LogP contribution in [0.4, 0.5) is 10.5 Å². The monoisotopic (exact) mass is 328 g/mol. The number of rotatable bonds is 4. The molecule has 106 valence electrons. The smallest absolute Gasteiger partial charge is 0.321 e. The number of urea groups is 1. The van der Waals surface area contributed by atoms with Crippen molar-refractivity contribution in [3.63, 3.8) is 0 Å². The lowest BCUT2D eigenvalue weighted by atomic mass is 10.1. The van der Waals surface area contributed by atoms with E-state index in [-0.39, 0.29) is 6.03 Å². The molecular formula is C14H21BrN2O2. The summed E-state index contributed by atoms with van der Waals surface area (Å²) < 4.78 is 0.916. The van der Waals surface area contributed by atoms with Gasteiger partial charge in [0.2, 0.25) is 0 Å². The van der Waals surface area contributed by atoms with Crippen LogP contribution in [0, 0.1) is 6.92 Å². The van der Waals surface area contributed by atoms with Gasteiger partial charge in [-0.1, -0.05) is 22.0 Å². The Morgan fingerprint density at radius 2 is 2.11 bits per heavy atom. The van der Waals surface area contributed by atoms with E-state index in [0.717, 1.165) is 15.7 Å². The Labute approximate surface area is 122 Å². The standard InChI is InChI=1S/C14H21BrN2O2/c1-5-17(9-14(3,4)19)13(18)16-12-8-11(15)7-6-10(12)2/h6-8,19H,5,9H2,1-4H3,(H,16,18). The number of aryl methyl sites for hydroxylation is 1. The molecule has 0 aliphatic rings. The minimum absolute atomic E-state index is 0.203. The molecule has 0 saturated heterocycles. The minimum atomic E-state index is -0.903. The van der Waals surface area contributed by atoms with Crippen molar-refractivity contribution in [1.82, 2.24) is 4.90 Å². The minimum Gasteiger partial charge on any atom is -0.389 e. The number of carbonyl (C=O) groups excluding carboxylic acids is 1. The lowest BCUT2D eigenvalue weighted by Crippen LogP contribution is -2.44. The van der Waals surface area contributed by atoms with Gasteiger partial charge in [0, 0.05) is 16.7 Å². The Hall–Kier alpha value is -1.07. The first kappa shape index (κ1) is 16.0. The molecule has 5 heteroatoms. The quantitative estimate of drug-likeness (QED) is 0.890. The molecule has 0 spiro atoms. The highest BCUT2D eigenvalue weighted by Crippen LogP contribution is 2.21. The summed E-state index contributed by atoms with van der Waals surface area (Å²) in [5.41, 5.74) is 0.865. The second-order valence-electron chi connectivity index (χ2n) is 5.22. The number of likely N-dealkylation sites (N-methyl/N-ethyl adjacent to an activating group) is 1. The summed E-state index contributed by atoms with van der Waals surface area (Å²) in [6, 6.07) is 5.53. The summed E-state index contributed by atoms with van der Waals surface area (Å²) in [6.45, 7) is 8.04. The third kappa shape index (κ3) is 5.20. The van der Waals surface area contributed by atoms with Crippen molar-refractivity contribution in [2.24, 2.45) is 0 Å². The molecule has 0 fully saturated rings. The second-order valence-corrected chi connectivity index (χ2v) is 6.13. The topological polar surface area (TPSA) is 52.6 Å². The van der Waals surface area contributed by atoms with Crippen LogP contribution in [0.15, 0.2) is 22.7 Å². The number of carbonyl (C=O) groups is 1. The van der Waals surface area contributed by atoms with Gasteiger partial charge in [-0.05, 0) is 45.4 Å². The van der Waals surface area contributed by atoms with Crippen LogP contribution in [0.25, 0.3) is 0 Å². The second kappa shape index (κ2) is 6.39. The lowest BCUT2D eigenvalue weighted by molar-refractivity contribution is 0.0501. The fraction of sp³-hybridized carbons (Fsp3) is 0.500. The predicted octanol–water partition coefficient (Wildman–Crippen LogP) is 3.38. The average molecular weight is 329 g/mol. The molecule has 0 bridgehead atoms. The third-order valence-electron chi connectivity index (χ3n) is 2.69. The Kier molecular flexibility index (Phi) is 5.38. The van der Waals surface area contributed by atoms with E-state index in [1.807, 2.05) is 32.0 Å². The molecule has 0 atom stereocenters. The highest BCUT2D eigenvalue weighted by molar-refractivity contribution is 9.10. The summed E-state index contributed by atoms with van der Waals surface area (Å²) >= 11 is 3.38. The fourth-order valence-corrected chi connectivity index (χ4v) is 2.08. The van der Waals surface area contributed by atoms with Gasteiger partial charge >= 0.3 is 6.03 Å². The maximum absolute atomic E-state index is 12.2. The lowest BCUT2D eigenvalue weighted by Gasteiger charge is -2.28. The molecule has 0 heterocycles. The molecule has 1 aromatic rings. The molecule has 19 heavy (non-hydrogen) atoms. The number of hydrogen-bond donors (Lipinski definition) is 2. The van der Waals surface area contributed by atoms with Crippen LogP contribution in [0.2, 0.25) is 0 Å². The summed E-state index contributed by atoms with van der Waals surface area (Å²) in [5.74, 6) is 0. The molecule has 0 aromatic heterocycles. The van der Waals surface area contributed by atoms with Crippen molar-refractivity contribution < 1.29 is 9.90 Å². The Bertz CT molecular complexity index is 455. The van der Waals surface area contributed by atoms with Crippen LogP contribution >= 0.6 is 15.9 Å². The van der Waals surface area contributed by atoms with Gasteiger partial charge in [0.1, 0.15) is 0 Å². The van der Waals surface area contributed by atoms with Crippen molar-refractivity contribution in [2.45, 2.75) is 33.3 Å². The molecular weight excluding hydrogens is 308 g/mol. The predicted molar refractivity (Wildman–Crippen MR) is 81.4 cm³/mol. The number of nitrogens with one attached hydrogen (secondary N) is 1. The van der Waals surface area contributed by atoms with Gasteiger partial charge in [0.05, 0.1) is 12.1 Å². The number of halogens is 1. The zero-order valence-electron chi connectivity index (χ0n) is 11.8. The molecule has 2 amide bonds. The number of amides is 2. The Morgan fingerprint density at radius 3 is 2.63 bits per heavy atom. The zero-order valence-corrected chi connectivity index (χ0v) is 13.4. The average Bonchev–Trinajstić information content (AvgIpc) is 2.29. The van der Waals surface area contributed by atoms with E-state index < -0.39 is 5.60 Å². The van der Waals surface area contributed by atoms with E-state index in [1.165, 1.54) is 0 Å². The van der Waals surface area contributed by atoms with E-state index in [2.05, 4.69) is 21.2 Å². The molecule has 0 unspecified atom stereocenters. The number of anilines is 1. The number of hydrogen-bond acceptors (Lipinski definition) is 2. The van der Waals surface area contributed by atoms with Crippen molar-refractivity contribution in [3.05, 3.63) is 28.2 Å². The summed E-state index contributed by atoms with van der Waals surface area (Å²) in [4.78, 5) is 13.8. The van der Waals surface area contributed by atoms with Gasteiger partial charge in [-0.3, -0.25) is 0 Å². The van der Waals surface area contributed by atoms with Gasteiger partial charge in [0.25, 0.3) is 0 Å². The molecule has 2 N–H and O–H groups in total. The number of nitrogens with zero attached hydrogens (tertiary/aromatic N) is 1. The van der Waals surface area contributed by atoms with E-state index in [9.17, 15) is 9.90 Å². The zero-order chi connectivity index (χ0) is 14.6. The van der Waals surface area contributed by atoms with Gasteiger partial charge in [0.15, 0.2) is 0 Å². The first-order valence-corrected chi connectivity index (χ1v) is 7.06. The maximum atomic E-state index is 12.2. The molecule has 1 rings (SSSR count). The Morgan fingerprint density at radius 1 is 1.47 bits per heavy atom. The first-order chi connectivity index (χ1) is 8.73. The van der Waals surface area contributed by atoms with E-state index in [4.69, 9.17) is 0 Å².